The molecule has 4 heteroatoms. The molecule has 0 radical (unpaired) electrons. The van der Waals surface area contributed by atoms with E-state index in [0.717, 1.165) is 24.9 Å². The van der Waals surface area contributed by atoms with Crippen LogP contribution in [0.2, 0.25) is 0 Å². The van der Waals surface area contributed by atoms with Crippen LogP contribution in [0, 0.1) is 0 Å². The number of fused-ring (bicyclic) bond motifs is 1. The highest BCUT2D eigenvalue weighted by atomic mass is 15.3. The third kappa shape index (κ3) is 3.41. The first-order valence-corrected chi connectivity index (χ1v) is 7.28. The van der Waals surface area contributed by atoms with Crippen molar-refractivity contribution in [1.29, 1.82) is 0 Å². The van der Waals surface area contributed by atoms with E-state index in [0.29, 0.717) is 5.96 Å². The third-order valence-electron chi connectivity index (χ3n) is 3.81. The molecule has 1 aliphatic carbocycles. The number of benzene rings is 2. The van der Waals surface area contributed by atoms with Crippen molar-refractivity contribution in [1.82, 2.24) is 5.43 Å². The summed E-state index contributed by atoms with van der Waals surface area (Å²) >= 11 is 0. The van der Waals surface area contributed by atoms with E-state index >= 15 is 0 Å². The number of nitrogens with one attached hydrogen (secondary N) is 2. The van der Waals surface area contributed by atoms with Crippen LogP contribution in [0.5, 0.6) is 0 Å². The number of hydrogen-bond acceptors (Lipinski definition) is 2. The number of rotatable bonds is 2. The molecular formula is C17H20N4. The fourth-order valence-corrected chi connectivity index (χ4v) is 2.74. The van der Waals surface area contributed by atoms with E-state index in [2.05, 4.69) is 35.0 Å². The topological polar surface area (TPSA) is 62.4 Å². The summed E-state index contributed by atoms with van der Waals surface area (Å²) in [6.45, 7) is 0. The Kier molecular flexibility index (Phi) is 4.17. The van der Waals surface area contributed by atoms with Crippen LogP contribution in [-0.4, -0.2) is 12.0 Å². The summed E-state index contributed by atoms with van der Waals surface area (Å²) in [6, 6.07) is 18.8. The number of para-hydroxylation sites is 1. The highest BCUT2D eigenvalue weighted by Crippen LogP contribution is 2.23. The summed E-state index contributed by atoms with van der Waals surface area (Å²) in [6.07, 6.45) is 3.10. The Hall–Kier alpha value is -2.33. The van der Waals surface area contributed by atoms with E-state index in [1.807, 2.05) is 30.3 Å². The van der Waals surface area contributed by atoms with Crippen molar-refractivity contribution >= 4 is 11.6 Å². The molecule has 2 aromatic rings. The average molecular weight is 280 g/mol. The van der Waals surface area contributed by atoms with E-state index in [-0.39, 0.29) is 6.04 Å². The van der Waals surface area contributed by atoms with E-state index in [4.69, 9.17) is 10.8 Å². The molecule has 0 saturated heterocycles. The van der Waals surface area contributed by atoms with Crippen molar-refractivity contribution in [2.75, 3.05) is 5.32 Å². The lowest BCUT2D eigenvalue weighted by Crippen LogP contribution is -2.38. The fourth-order valence-electron chi connectivity index (χ4n) is 2.74. The first-order chi connectivity index (χ1) is 10.3. The molecule has 0 fully saturated rings. The van der Waals surface area contributed by atoms with Gasteiger partial charge in [0.25, 0.3) is 0 Å². The molecule has 0 aromatic heterocycles. The summed E-state index contributed by atoms with van der Waals surface area (Å²) < 4.78 is 0. The molecule has 4 nitrogen and oxygen atoms in total. The SMILES string of the molecule is NNC(=NC1CCc2ccccc2C1)Nc1ccccc1. The molecule has 1 unspecified atom stereocenters. The minimum Gasteiger partial charge on any atom is -0.325 e. The van der Waals surface area contributed by atoms with Crippen LogP contribution in [0.15, 0.2) is 59.6 Å². The Morgan fingerprint density at radius 3 is 2.48 bits per heavy atom. The zero-order valence-electron chi connectivity index (χ0n) is 11.9. The van der Waals surface area contributed by atoms with Gasteiger partial charge in [-0.15, -0.1) is 0 Å². The molecule has 0 aliphatic heterocycles. The van der Waals surface area contributed by atoms with Gasteiger partial charge in [-0.1, -0.05) is 42.5 Å². The third-order valence-corrected chi connectivity index (χ3v) is 3.81. The van der Waals surface area contributed by atoms with Crippen LogP contribution in [0.3, 0.4) is 0 Å². The van der Waals surface area contributed by atoms with Gasteiger partial charge in [0.2, 0.25) is 5.96 Å². The van der Waals surface area contributed by atoms with E-state index in [1.165, 1.54) is 11.1 Å². The lowest BCUT2D eigenvalue weighted by molar-refractivity contribution is 0.576. The summed E-state index contributed by atoms with van der Waals surface area (Å²) in [4.78, 5) is 4.72. The van der Waals surface area contributed by atoms with Crippen LogP contribution in [-0.2, 0) is 12.8 Å². The maximum Gasteiger partial charge on any atom is 0.210 e. The number of anilines is 1. The van der Waals surface area contributed by atoms with Gasteiger partial charge in [-0.05, 0) is 42.5 Å². The normalized spacial score (nSPS) is 18.0. The molecular weight excluding hydrogens is 260 g/mol. The second-order valence-electron chi connectivity index (χ2n) is 5.28. The smallest absolute Gasteiger partial charge is 0.210 e. The van der Waals surface area contributed by atoms with E-state index in [9.17, 15) is 0 Å². The minimum absolute atomic E-state index is 0.266. The van der Waals surface area contributed by atoms with Gasteiger partial charge in [-0.3, -0.25) is 5.43 Å². The van der Waals surface area contributed by atoms with Gasteiger partial charge < -0.3 is 5.32 Å². The Bertz CT molecular complexity index is 622. The highest BCUT2D eigenvalue weighted by molar-refractivity contribution is 5.93. The van der Waals surface area contributed by atoms with Crippen molar-refractivity contribution in [3.63, 3.8) is 0 Å². The van der Waals surface area contributed by atoms with E-state index in [1.54, 1.807) is 0 Å². The quantitative estimate of drug-likeness (QED) is 0.343. The summed E-state index contributed by atoms with van der Waals surface area (Å²) in [5, 5.41) is 3.21. The second-order valence-corrected chi connectivity index (χ2v) is 5.28. The average Bonchev–Trinajstić information content (AvgIpc) is 2.55. The number of hydrazine groups is 1. The minimum atomic E-state index is 0.266. The zero-order valence-corrected chi connectivity index (χ0v) is 11.9. The van der Waals surface area contributed by atoms with E-state index < -0.39 is 0 Å². The number of guanidine groups is 1. The number of aliphatic imine (C=N–C) groups is 1. The van der Waals surface area contributed by atoms with Crippen molar-refractivity contribution in [2.45, 2.75) is 25.3 Å². The zero-order chi connectivity index (χ0) is 14.5. The molecule has 0 spiro atoms. The molecule has 1 atom stereocenters. The maximum absolute atomic E-state index is 5.59. The van der Waals surface area contributed by atoms with Crippen LogP contribution >= 0.6 is 0 Å². The predicted octanol–water partition coefficient (Wildman–Crippen LogP) is 2.48. The molecule has 4 N–H and O–H groups in total. The van der Waals surface area contributed by atoms with Gasteiger partial charge in [0.1, 0.15) is 0 Å². The largest absolute Gasteiger partial charge is 0.325 e. The lowest BCUT2D eigenvalue weighted by Gasteiger charge is -2.22. The van der Waals surface area contributed by atoms with Crippen LogP contribution in [0.25, 0.3) is 0 Å². The molecule has 21 heavy (non-hydrogen) atoms. The molecule has 2 aromatic carbocycles. The van der Waals surface area contributed by atoms with Gasteiger partial charge in [0, 0.05) is 5.69 Å². The molecule has 0 bridgehead atoms. The monoisotopic (exact) mass is 280 g/mol. The first-order valence-electron chi connectivity index (χ1n) is 7.28. The predicted molar refractivity (Wildman–Crippen MR) is 87.1 cm³/mol. The Balaban J connectivity index is 1.72. The second kappa shape index (κ2) is 6.41. The summed E-state index contributed by atoms with van der Waals surface area (Å²) in [5.74, 6) is 6.21. The fraction of sp³-hybridized carbons (Fsp3) is 0.235. The van der Waals surface area contributed by atoms with Crippen molar-refractivity contribution in [2.24, 2.45) is 10.8 Å². The number of aryl methyl sites for hydroxylation is 1. The van der Waals surface area contributed by atoms with Gasteiger partial charge in [-0.25, -0.2) is 10.8 Å². The van der Waals surface area contributed by atoms with Crippen molar-refractivity contribution in [3.05, 3.63) is 65.7 Å². The van der Waals surface area contributed by atoms with Gasteiger partial charge in [-0.2, -0.15) is 0 Å². The molecule has 1 aliphatic rings. The molecule has 0 saturated carbocycles. The van der Waals surface area contributed by atoms with Crippen molar-refractivity contribution in [3.8, 4) is 0 Å². The lowest BCUT2D eigenvalue weighted by atomic mass is 9.89. The first kappa shape index (κ1) is 13.6. The Morgan fingerprint density at radius 2 is 1.71 bits per heavy atom. The Labute approximate surface area is 125 Å². The molecule has 0 amide bonds. The molecule has 3 rings (SSSR count). The highest BCUT2D eigenvalue weighted by Gasteiger charge is 2.18. The molecule has 0 heterocycles. The molecule has 108 valence electrons. The number of nitrogens with two attached hydrogens (primary N) is 1. The Morgan fingerprint density at radius 1 is 1.00 bits per heavy atom. The van der Waals surface area contributed by atoms with Crippen LogP contribution in [0.1, 0.15) is 17.5 Å². The van der Waals surface area contributed by atoms with Gasteiger partial charge in [0.05, 0.1) is 6.04 Å². The maximum atomic E-state index is 5.59. The van der Waals surface area contributed by atoms with Crippen LogP contribution in [0.4, 0.5) is 5.69 Å². The number of hydrogen-bond donors (Lipinski definition) is 3. The standard InChI is InChI=1S/C17H20N4/c18-21-17(19-15-8-2-1-3-9-15)20-16-11-10-13-6-4-5-7-14(13)12-16/h1-9,16H,10-12,18H2,(H2,19,20,21). The summed E-state index contributed by atoms with van der Waals surface area (Å²) in [5.41, 5.74) is 6.48. The van der Waals surface area contributed by atoms with Gasteiger partial charge in [0.15, 0.2) is 0 Å². The van der Waals surface area contributed by atoms with Gasteiger partial charge >= 0.3 is 0 Å². The summed E-state index contributed by atoms with van der Waals surface area (Å²) in [7, 11) is 0. The van der Waals surface area contributed by atoms with Crippen LogP contribution < -0.4 is 16.6 Å². The number of nitrogens with zero attached hydrogens (tertiary/aromatic N) is 1. The van der Waals surface area contributed by atoms with Crippen molar-refractivity contribution < 1.29 is 0 Å².